The molecular formula is C18H31N3O. The number of aliphatic hydroxyl groups excluding tert-OH is 1. The summed E-state index contributed by atoms with van der Waals surface area (Å²) in [4.78, 5) is 0. The van der Waals surface area contributed by atoms with E-state index in [1.54, 1.807) is 0 Å². The van der Waals surface area contributed by atoms with Crippen molar-refractivity contribution in [2.45, 2.75) is 57.4 Å². The summed E-state index contributed by atoms with van der Waals surface area (Å²) in [6.07, 6.45) is 9.20. The minimum Gasteiger partial charge on any atom is -0.394 e. The summed E-state index contributed by atoms with van der Waals surface area (Å²) >= 11 is 0. The van der Waals surface area contributed by atoms with E-state index < -0.39 is 5.54 Å². The molecule has 0 aliphatic carbocycles. The first-order chi connectivity index (χ1) is 10.7. The normalized spacial score (nSPS) is 21.5. The van der Waals surface area contributed by atoms with Gasteiger partial charge in [0.15, 0.2) is 0 Å². The van der Waals surface area contributed by atoms with Crippen LogP contribution >= 0.6 is 0 Å². The van der Waals surface area contributed by atoms with Crippen molar-refractivity contribution in [2.24, 2.45) is 5.73 Å². The number of aliphatic hydroxyl groups is 1. The highest BCUT2D eigenvalue weighted by atomic mass is 16.3. The fourth-order valence-corrected chi connectivity index (χ4v) is 2.92. The minimum atomic E-state index is -0.531. The SMILES string of the molecule is CCCCCCCCc1ccc(N2CC(N)(CO)CN2)cc1. The van der Waals surface area contributed by atoms with E-state index in [1.807, 2.05) is 5.01 Å². The van der Waals surface area contributed by atoms with Crippen LogP contribution in [0.3, 0.4) is 0 Å². The first-order valence-electron chi connectivity index (χ1n) is 8.66. The summed E-state index contributed by atoms with van der Waals surface area (Å²) in [5.74, 6) is 0. The molecule has 1 aliphatic rings. The maximum absolute atomic E-state index is 9.32. The number of benzene rings is 1. The Balaban J connectivity index is 1.74. The second-order valence-electron chi connectivity index (χ2n) is 6.63. The number of aryl methyl sites for hydroxylation is 1. The lowest BCUT2D eigenvalue weighted by Crippen LogP contribution is -2.48. The molecule has 0 spiro atoms. The third-order valence-electron chi connectivity index (χ3n) is 4.48. The van der Waals surface area contributed by atoms with Gasteiger partial charge >= 0.3 is 0 Å². The van der Waals surface area contributed by atoms with Crippen molar-refractivity contribution in [1.82, 2.24) is 5.43 Å². The Bertz CT molecular complexity index is 434. The van der Waals surface area contributed by atoms with Gasteiger partial charge in [0.2, 0.25) is 0 Å². The van der Waals surface area contributed by atoms with Crippen molar-refractivity contribution in [3.05, 3.63) is 29.8 Å². The standard InChI is InChI=1S/C18H31N3O/c1-2-3-4-5-6-7-8-16-9-11-17(12-10-16)21-14-18(19,15-22)13-20-21/h9-12,20,22H,2-8,13-15,19H2,1H3. The molecule has 1 unspecified atom stereocenters. The van der Waals surface area contributed by atoms with E-state index in [4.69, 9.17) is 5.73 Å². The second-order valence-corrected chi connectivity index (χ2v) is 6.63. The quantitative estimate of drug-likeness (QED) is 0.614. The molecule has 4 nitrogen and oxygen atoms in total. The summed E-state index contributed by atoms with van der Waals surface area (Å²) in [5, 5.41) is 11.3. The van der Waals surface area contributed by atoms with Gasteiger partial charge in [0, 0.05) is 6.54 Å². The number of nitrogens with two attached hydrogens (primary N) is 1. The van der Waals surface area contributed by atoms with Gasteiger partial charge in [-0.15, -0.1) is 0 Å². The molecule has 2 rings (SSSR count). The Morgan fingerprint density at radius 1 is 1.14 bits per heavy atom. The lowest BCUT2D eigenvalue weighted by molar-refractivity contribution is 0.217. The van der Waals surface area contributed by atoms with Gasteiger partial charge in [-0.25, -0.2) is 5.43 Å². The van der Waals surface area contributed by atoms with E-state index in [2.05, 4.69) is 36.6 Å². The average molecular weight is 305 g/mol. The number of nitrogens with zero attached hydrogens (tertiary/aromatic N) is 1. The molecule has 0 radical (unpaired) electrons. The van der Waals surface area contributed by atoms with E-state index in [9.17, 15) is 5.11 Å². The Morgan fingerprint density at radius 3 is 2.45 bits per heavy atom. The maximum atomic E-state index is 9.32. The van der Waals surface area contributed by atoms with E-state index in [0.717, 1.165) is 12.1 Å². The van der Waals surface area contributed by atoms with Crippen molar-refractivity contribution in [1.29, 1.82) is 0 Å². The van der Waals surface area contributed by atoms with Crippen molar-refractivity contribution in [3.63, 3.8) is 0 Å². The topological polar surface area (TPSA) is 61.5 Å². The average Bonchev–Trinajstić information content (AvgIpc) is 2.94. The molecule has 1 heterocycles. The number of hydrogen-bond acceptors (Lipinski definition) is 4. The molecule has 1 saturated heterocycles. The van der Waals surface area contributed by atoms with E-state index in [-0.39, 0.29) is 6.61 Å². The zero-order chi connectivity index (χ0) is 15.8. The molecule has 1 atom stereocenters. The number of hydrazine groups is 1. The lowest BCUT2D eigenvalue weighted by atomic mass is 10.0. The summed E-state index contributed by atoms with van der Waals surface area (Å²) in [6.45, 7) is 3.52. The molecule has 1 aromatic carbocycles. The smallest absolute Gasteiger partial charge is 0.0726 e. The van der Waals surface area contributed by atoms with Crippen molar-refractivity contribution in [2.75, 3.05) is 24.7 Å². The van der Waals surface area contributed by atoms with Crippen LogP contribution in [0, 0.1) is 0 Å². The van der Waals surface area contributed by atoms with Gasteiger partial charge in [0.25, 0.3) is 0 Å². The summed E-state index contributed by atoms with van der Waals surface area (Å²) in [5.41, 5.74) is 11.3. The maximum Gasteiger partial charge on any atom is 0.0726 e. The van der Waals surface area contributed by atoms with Crippen LogP contribution in [-0.4, -0.2) is 30.3 Å². The molecule has 4 N–H and O–H groups in total. The Hall–Kier alpha value is -1.10. The number of nitrogens with one attached hydrogen (secondary N) is 1. The molecule has 0 bridgehead atoms. The van der Waals surface area contributed by atoms with Gasteiger partial charge in [-0.1, -0.05) is 51.2 Å². The van der Waals surface area contributed by atoms with Crippen LogP contribution in [0.15, 0.2) is 24.3 Å². The molecule has 0 aromatic heterocycles. The van der Waals surface area contributed by atoms with Crippen molar-refractivity contribution >= 4 is 5.69 Å². The molecule has 4 heteroatoms. The highest BCUT2D eigenvalue weighted by molar-refractivity contribution is 5.48. The summed E-state index contributed by atoms with van der Waals surface area (Å²) in [7, 11) is 0. The number of anilines is 1. The van der Waals surface area contributed by atoms with Crippen LogP contribution in [0.5, 0.6) is 0 Å². The molecule has 124 valence electrons. The Kier molecular flexibility index (Phi) is 6.68. The first kappa shape index (κ1) is 17.3. The third kappa shape index (κ3) is 4.97. The fraction of sp³-hybridized carbons (Fsp3) is 0.667. The molecule has 1 aromatic rings. The second kappa shape index (κ2) is 8.51. The van der Waals surface area contributed by atoms with Gasteiger partial charge < -0.3 is 15.8 Å². The number of hydrogen-bond donors (Lipinski definition) is 3. The molecule has 0 amide bonds. The van der Waals surface area contributed by atoms with E-state index in [0.29, 0.717) is 13.1 Å². The molecule has 1 fully saturated rings. The van der Waals surface area contributed by atoms with Gasteiger partial charge in [-0.05, 0) is 30.5 Å². The van der Waals surface area contributed by atoms with Crippen LogP contribution in [-0.2, 0) is 6.42 Å². The van der Waals surface area contributed by atoms with Crippen LogP contribution in [0.4, 0.5) is 5.69 Å². The van der Waals surface area contributed by atoms with Gasteiger partial charge in [0.1, 0.15) is 0 Å². The highest BCUT2D eigenvalue weighted by Gasteiger charge is 2.33. The molecule has 1 aliphatic heterocycles. The predicted molar refractivity (Wildman–Crippen MR) is 92.9 cm³/mol. The lowest BCUT2D eigenvalue weighted by Gasteiger charge is -2.21. The van der Waals surface area contributed by atoms with Crippen molar-refractivity contribution < 1.29 is 5.11 Å². The zero-order valence-electron chi connectivity index (χ0n) is 13.9. The Labute approximate surface area is 134 Å². The largest absolute Gasteiger partial charge is 0.394 e. The number of rotatable bonds is 9. The van der Waals surface area contributed by atoms with E-state index >= 15 is 0 Å². The molecular weight excluding hydrogens is 274 g/mol. The van der Waals surface area contributed by atoms with Crippen LogP contribution in [0.25, 0.3) is 0 Å². The minimum absolute atomic E-state index is 0.00656. The van der Waals surface area contributed by atoms with Gasteiger partial charge in [-0.3, -0.25) is 0 Å². The van der Waals surface area contributed by atoms with E-state index in [1.165, 1.54) is 44.1 Å². The number of unbranched alkanes of at least 4 members (excludes halogenated alkanes) is 5. The monoisotopic (exact) mass is 305 g/mol. The summed E-state index contributed by atoms with van der Waals surface area (Å²) < 4.78 is 0. The van der Waals surface area contributed by atoms with Gasteiger partial charge in [0.05, 0.1) is 24.4 Å². The summed E-state index contributed by atoms with van der Waals surface area (Å²) in [6, 6.07) is 8.70. The fourth-order valence-electron chi connectivity index (χ4n) is 2.92. The van der Waals surface area contributed by atoms with Crippen LogP contribution in [0.2, 0.25) is 0 Å². The zero-order valence-corrected chi connectivity index (χ0v) is 13.9. The highest BCUT2D eigenvalue weighted by Crippen LogP contribution is 2.20. The van der Waals surface area contributed by atoms with Crippen LogP contribution in [0.1, 0.15) is 51.0 Å². The van der Waals surface area contributed by atoms with Crippen LogP contribution < -0.4 is 16.2 Å². The molecule has 0 saturated carbocycles. The third-order valence-corrected chi connectivity index (χ3v) is 4.48. The predicted octanol–water partition coefficient (Wildman–Crippen LogP) is 2.60. The molecule has 22 heavy (non-hydrogen) atoms. The first-order valence-corrected chi connectivity index (χ1v) is 8.66. The van der Waals surface area contributed by atoms with Crippen molar-refractivity contribution in [3.8, 4) is 0 Å². The van der Waals surface area contributed by atoms with Gasteiger partial charge in [-0.2, -0.15) is 0 Å². The Morgan fingerprint density at radius 2 is 1.82 bits per heavy atom.